The van der Waals surface area contributed by atoms with Crippen molar-refractivity contribution in [3.05, 3.63) is 42.5 Å². The highest BCUT2D eigenvalue weighted by atomic mass is 127. The van der Waals surface area contributed by atoms with Crippen LogP contribution in [0.4, 0.5) is 0 Å². The zero-order valence-corrected chi connectivity index (χ0v) is 15.2. The van der Waals surface area contributed by atoms with Crippen molar-refractivity contribution in [2.75, 3.05) is 26.7 Å². The lowest BCUT2D eigenvalue weighted by Crippen LogP contribution is -2.37. The third-order valence-corrected chi connectivity index (χ3v) is 2.79. The van der Waals surface area contributed by atoms with Crippen LogP contribution in [0.2, 0.25) is 0 Å². The summed E-state index contributed by atoms with van der Waals surface area (Å²) in [5.74, 6) is 1.75. The Morgan fingerprint density at radius 1 is 1.24 bits per heavy atom. The predicted molar refractivity (Wildman–Crippen MR) is 101 cm³/mol. The van der Waals surface area contributed by atoms with Crippen LogP contribution in [-0.2, 0) is 0 Å². The van der Waals surface area contributed by atoms with Gasteiger partial charge >= 0.3 is 0 Å². The van der Waals surface area contributed by atoms with E-state index >= 15 is 0 Å². The number of halogens is 1. The molecule has 118 valence electrons. The minimum Gasteiger partial charge on any atom is -0.494 e. The number of aliphatic imine (C=N–C) groups is 1. The van der Waals surface area contributed by atoms with E-state index in [1.807, 2.05) is 18.2 Å². The maximum absolute atomic E-state index is 5.67. The van der Waals surface area contributed by atoms with Gasteiger partial charge in [0.1, 0.15) is 5.75 Å². The molecule has 0 fully saturated rings. The number of guanidine groups is 1. The molecule has 0 aliphatic rings. The first-order chi connectivity index (χ1) is 9.76. The van der Waals surface area contributed by atoms with Crippen LogP contribution in [0.15, 0.2) is 41.9 Å². The Bertz CT molecular complexity index is 418. The minimum atomic E-state index is 0. The monoisotopic (exact) mass is 403 g/mol. The molecule has 0 aromatic heterocycles. The summed E-state index contributed by atoms with van der Waals surface area (Å²) in [6, 6.07) is 8.14. The van der Waals surface area contributed by atoms with Crippen molar-refractivity contribution >= 4 is 29.9 Å². The molecule has 5 heteroatoms. The second kappa shape index (κ2) is 12.5. The number of ether oxygens (including phenoxy) is 1. The van der Waals surface area contributed by atoms with E-state index in [-0.39, 0.29) is 24.0 Å². The van der Waals surface area contributed by atoms with Crippen molar-refractivity contribution in [1.29, 1.82) is 0 Å². The molecule has 0 spiro atoms. The topological polar surface area (TPSA) is 45.7 Å². The van der Waals surface area contributed by atoms with Gasteiger partial charge < -0.3 is 15.4 Å². The van der Waals surface area contributed by atoms with Crippen molar-refractivity contribution in [1.82, 2.24) is 10.6 Å². The molecule has 0 heterocycles. The molecule has 2 N–H and O–H groups in total. The molecule has 0 saturated heterocycles. The van der Waals surface area contributed by atoms with Gasteiger partial charge in [0.2, 0.25) is 0 Å². The standard InChI is InChI=1S/C16H25N3O.HI/c1-4-11-18-16(17-3)19-12-5-6-13-20-15-9-7-14(2)8-10-15;/h4,7-10H,1,5-6,11-13H2,2-3H3,(H2,17,18,19);1H. The van der Waals surface area contributed by atoms with Crippen molar-refractivity contribution in [2.45, 2.75) is 19.8 Å². The van der Waals surface area contributed by atoms with E-state index in [2.05, 4.69) is 41.3 Å². The van der Waals surface area contributed by atoms with E-state index in [0.717, 1.165) is 44.2 Å². The van der Waals surface area contributed by atoms with Crippen LogP contribution in [0, 0.1) is 6.92 Å². The van der Waals surface area contributed by atoms with Gasteiger partial charge in [-0.3, -0.25) is 4.99 Å². The van der Waals surface area contributed by atoms with E-state index in [4.69, 9.17) is 4.74 Å². The zero-order valence-electron chi connectivity index (χ0n) is 12.9. The molecule has 0 aliphatic carbocycles. The fourth-order valence-corrected chi connectivity index (χ4v) is 1.65. The number of nitrogens with one attached hydrogen (secondary N) is 2. The number of benzene rings is 1. The van der Waals surface area contributed by atoms with Crippen LogP contribution in [0.25, 0.3) is 0 Å². The molecule has 1 aromatic carbocycles. The van der Waals surface area contributed by atoms with Gasteiger partial charge in [-0.25, -0.2) is 0 Å². The quantitative estimate of drug-likeness (QED) is 0.231. The van der Waals surface area contributed by atoms with Gasteiger partial charge in [-0.15, -0.1) is 30.6 Å². The molecule has 0 radical (unpaired) electrons. The van der Waals surface area contributed by atoms with E-state index in [9.17, 15) is 0 Å². The van der Waals surface area contributed by atoms with Crippen LogP contribution in [-0.4, -0.2) is 32.7 Å². The Kier molecular flexibility index (Phi) is 11.8. The summed E-state index contributed by atoms with van der Waals surface area (Å²) in [6.07, 6.45) is 3.86. The molecule has 1 aromatic rings. The average Bonchev–Trinajstić information content (AvgIpc) is 2.47. The third-order valence-electron chi connectivity index (χ3n) is 2.79. The Balaban J connectivity index is 0.00000400. The smallest absolute Gasteiger partial charge is 0.191 e. The van der Waals surface area contributed by atoms with E-state index in [1.54, 1.807) is 7.05 Å². The zero-order chi connectivity index (χ0) is 14.6. The predicted octanol–water partition coefficient (Wildman–Crippen LogP) is 3.12. The molecule has 0 aliphatic heterocycles. The van der Waals surface area contributed by atoms with Gasteiger partial charge in [-0.05, 0) is 31.9 Å². The van der Waals surface area contributed by atoms with Crippen LogP contribution >= 0.6 is 24.0 Å². The number of nitrogens with zero attached hydrogens (tertiary/aromatic N) is 1. The highest BCUT2D eigenvalue weighted by Gasteiger charge is 1.96. The second-order valence-corrected chi connectivity index (χ2v) is 4.54. The Morgan fingerprint density at radius 2 is 1.95 bits per heavy atom. The number of aryl methyl sites for hydroxylation is 1. The van der Waals surface area contributed by atoms with Gasteiger partial charge in [0.15, 0.2) is 5.96 Å². The van der Waals surface area contributed by atoms with Gasteiger partial charge in [-0.1, -0.05) is 23.8 Å². The summed E-state index contributed by atoms with van der Waals surface area (Å²) < 4.78 is 5.67. The summed E-state index contributed by atoms with van der Waals surface area (Å²) in [6.45, 7) is 8.07. The first-order valence-electron chi connectivity index (χ1n) is 7.01. The largest absolute Gasteiger partial charge is 0.494 e. The van der Waals surface area contributed by atoms with E-state index in [1.165, 1.54) is 5.56 Å². The molecule has 1 rings (SSSR count). The summed E-state index contributed by atoms with van der Waals surface area (Å²) >= 11 is 0. The van der Waals surface area contributed by atoms with Crippen LogP contribution in [0.3, 0.4) is 0 Å². The van der Waals surface area contributed by atoms with Crippen LogP contribution in [0.1, 0.15) is 18.4 Å². The summed E-state index contributed by atoms with van der Waals surface area (Å²) in [5, 5.41) is 6.38. The van der Waals surface area contributed by atoms with E-state index < -0.39 is 0 Å². The maximum Gasteiger partial charge on any atom is 0.191 e. The molecule has 0 saturated carbocycles. The fraction of sp³-hybridized carbons (Fsp3) is 0.438. The first-order valence-corrected chi connectivity index (χ1v) is 7.01. The summed E-state index contributed by atoms with van der Waals surface area (Å²) in [5.41, 5.74) is 1.25. The second-order valence-electron chi connectivity index (χ2n) is 4.54. The maximum atomic E-state index is 5.67. The molecule has 0 unspecified atom stereocenters. The molecule has 0 atom stereocenters. The van der Waals surface area contributed by atoms with Crippen LogP contribution in [0.5, 0.6) is 5.75 Å². The normalized spacial score (nSPS) is 10.5. The highest BCUT2D eigenvalue weighted by molar-refractivity contribution is 14.0. The third kappa shape index (κ3) is 9.33. The number of unbranched alkanes of at least 4 members (excludes halogenated alkanes) is 1. The van der Waals surface area contributed by atoms with Crippen molar-refractivity contribution in [3.8, 4) is 5.75 Å². The Labute approximate surface area is 145 Å². The van der Waals surface area contributed by atoms with Gasteiger partial charge in [0, 0.05) is 20.1 Å². The average molecular weight is 403 g/mol. The van der Waals surface area contributed by atoms with Gasteiger partial charge in [0.25, 0.3) is 0 Å². The minimum absolute atomic E-state index is 0. The molecule has 0 amide bonds. The Morgan fingerprint density at radius 3 is 2.57 bits per heavy atom. The lowest BCUT2D eigenvalue weighted by atomic mass is 10.2. The molecular weight excluding hydrogens is 377 g/mol. The molecule has 21 heavy (non-hydrogen) atoms. The van der Waals surface area contributed by atoms with Crippen LogP contribution < -0.4 is 15.4 Å². The van der Waals surface area contributed by atoms with Gasteiger partial charge in [0.05, 0.1) is 6.61 Å². The molecular formula is C16H26IN3O. The van der Waals surface area contributed by atoms with Gasteiger partial charge in [-0.2, -0.15) is 0 Å². The summed E-state index contributed by atoms with van der Waals surface area (Å²) in [7, 11) is 1.76. The van der Waals surface area contributed by atoms with Crippen molar-refractivity contribution in [2.24, 2.45) is 4.99 Å². The highest BCUT2D eigenvalue weighted by Crippen LogP contribution is 2.11. The number of rotatable bonds is 8. The van der Waals surface area contributed by atoms with Crippen molar-refractivity contribution < 1.29 is 4.74 Å². The SMILES string of the molecule is C=CCNC(=NC)NCCCCOc1ccc(C)cc1.I. The fourth-order valence-electron chi connectivity index (χ4n) is 1.65. The number of hydrogen-bond acceptors (Lipinski definition) is 2. The summed E-state index contributed by atoms with van der Waals surface area (Å²) in [4.78, 5) is 4.11. The lowest BCUT2D eigenvalue weighted by Gasteiger charge is -2.10. The number of hydrogen-bond donors (Lipinski definition) is 2. The lowest BCUT2D eigenvalue weighted by molar-refractivity contribution is 0.307. The molecule has 4 nitrogen and oxygen atoms in total. The van der Waals surface area contributed by atoms with E-state index in [0.29, 0.717) is 0 Å². The first kappa shape index (κ1) is 19.8. The molecule has 0 bridgehead atoms. The van der Waals surface area contributed by atoms with Crippen molar-refractivity contribution in [3.63, 3.8) is 0 Å². The Hall–Kier alpha value is -1.24.